The van der Waals surface area contributed by atoms with Crippen molar-refractivity contribution in [3.63, 3.8) is 0 Å². The Morgan fingerprint density at radius 1 is 1.35 bits per heavy atom. The first-order valence-electron chi connectivity index (χ1n) is 4.42. The molecule has 17 heavy (non-hydrogen) atoms. The molecular weight excluding hydrogens is 237 g/mol. The molecular formula is C10H9F3N2O2. The molecule has 0 unspecified atom stereocenters. The van der Waals surface area contributed by atoms with Gasteiger partial charge >= 0.3 is 6.18 Å². The summed E-state index contributed by atoms with van der Waals surface area (Å²) in [5, 5.41) is 0. The summed E-state index contributed by atoms with van der Waals surface area (Å²) in [5.41, 5.74) is -0.106. The number of hydrogen-bond acceptors (Lipinski definition) is 2. The zero-order chi connectivity index (χ0) is 11.9. The Labute approximate surface area is 94.0 Å². The van der Waals surface area contributed by atoms with Crippen LogP contribution in [0.15, 0.2) is 18.2 Å². The average molecular weight is 246 g/mol. The van der Waals surface area contributed by atoms with E-state index < -0.39 is 11.7 Å². The Balaban J connectivity index is 0.00000144. The maximum atomic E-state index is 12.4. The molecule has 0 aliphatic carbocycles. The van der Waals surface area contributed by atoms with Crippen molar-refractivity contribution in [1.29, 1.82) is 0 Å². The Morgan fingerprint density at radius 3 is 2.53 bits per heavy atom. The number of aryl methyl sites for hydroxylation is 1. The highest BCUT2D eigenvalue weighted by atomic mass is 19.4. The van der Waals surface area contributed by atoms with E-state index in [9.17, 15) is 18.0 Å². The van der Waals surface area contributed by atoms with Crippen LogP contribution in [-0.4, -0.2) is 21.3 Å². The highest BCUT2D eigenvalue weighted by Crippen LogP contribution is 2.31. The summed E-state index contributed by atoms with van der Waals surface area (Å²) in [7, 11) is 1.58. The van der Waals surface area contributed by atoms with Gasteiger partial charge in [0, 0.05) is 7.05 Å². The maximum Gasteiger partial charge on any atom is 0.416 e. The number of nitrogens with zero attached hydrogens (tertiary/aromatic N) is 2. The molecule has 0 fully saturated rings. The minimum atomic E-state index is -4.40. The fourth-order valence-corrected chi connectivity index (χ4v) is 1.50. The molecule has 4 nitrogen and oxygen atoms in total. The molecule has 0 saturated carbocycles. The number of halogens is 3. The molecule has 0 bridgehead atoms. The van der Waals surface area contributed by atoms with E-state index >= 15 is 0 Å². The first-order chi connectivity index (χ1) is 7.43. The minimum absolute atomic E-state index is 0. The molecule has 0 saturated heterocycles. The third-order valence-electron chi connectivity index (χ3n) is 2.35. The number of imidazole rings is 1. The van der Waals surface area contributed by atoms with E-state index in [1.165, 1.54) is 10.6 Å². The zero-order valence-electron chi connectivity index (χ0n) is 8.75. The molecule has 1 aromatic heterocycles. The highest BCUT2D eigenvalue weighted by Gasteiger charge is 2.30. The van der Waals surface area contributed by atoms with Gasteiger partial charge in [-0.2, -0.15) is 13.2 Å². The van der Waals surface area contributed by atoms with E-state index in [4.69, 9.17) is 0 Å². The first-order valence-corrected chi connectivity index (χ1v) is 4.42. The molecule has 92 valence electrons. The summed E-state index contributed by atoms with van der Waals surface area (Å²) in [5.74, 6) is 0.106. The quantitative estimate of drug-likeness (QED) is 0.717. The lowest BCUT2D eigenvalue weighted by Gasteiger charge is -2.05. The smallest absolute Gasteiger partial charge is 0.412 e. The predicted octanol–water partition coefficient (Wildman–Crippen LogP) is 1.58. The average Bonchev–Trinajstić information content (AvgIpc) is 2.54. The number of carbonyl (C=O) groups excluding carboxylic acids is 1. The molecule has 2 aromatic rings. The Kier molecular flexibility index (Phi) is 3.23. The number of aldehydes is 1. The summed E-state index contributed by atoms with van der Waals surface area (Å²) in [6, 6.07) is 3.21. The van der Waals surface area contributed by atoms with Crippen LogP contribution in [0, 0.1) is 0 Å². The van der Waals surface area contributed by atoms with E-state index in [0.717, 1.165) is 12.1 Å². The zero-order valence-corrected chi connectivity index (χ0v) is 8.75. The second-order valence-electron chi connectivity index (χ2n) is 3.35. The number of carbonyl (C=O) groups is 1. The molecule has 2 rings (SSSR count). The van der Waals surface area contributed by atoms with Crippen LogP contribution in [0.4, 0.5) is 13.2 Å². The predicted molar refractivity (Wildman–Crippen MR) is 54.7 cm³/mol. The summed E-state index contributed by atoms with van der Waals surface area (Å²) >= 11 is 0. The van der Waals surface area contributed by atoms with E-state index in [-0.39, 0.29) is 16.8 Å². The number of alkyl halides is 3. The topological polar surface area (TPSA) is 66.4 Å². The van der Waals surface area contributed by atoms with Gasteiger partial charge in [-0.25, -0.2) is 4.98 Å². The van der Waals surface area contributed by atoms with Crippen LogP contribution in [-0.2, 0) is 13.2 Å². The number of benzene rings is 1. The molecule has 7 heteroatoms. The molecule has 0 radical (unpaired) electrons. The van der Waals surface area contributed by atoms with Gasteiger partial charge in [-0.15, -0.1) is 0 Å². The van der Waals surface area contributed by atoms with Gasteiger partial charge in [0.15, 0.2) is 12.1 Å². The Hall–Kier alpha value is -1.89. The summed E-state index contributed by atoms with van der Waals surface area (Å²) in [6.45, 7) is 0. The maximum absolute atomic E-state index is 12.4. The number of hydrogen-bond donors (Lipinski definition) is 0. The fraction of sp³-hybridized carbons (Fsp3) is 0.200. The SMILES string of the molecule is Cn1c(C=O)nc2cc(C(F)(F)F)ccc21.O. The van der Waals surface area contributed by atoms with Crippen molar-refractivity contribution in [3.05, 3.63) is 29.6 Å². The van der Waals surface area contributed by atoms with Gasteiger partial charge in [-0.1, -0.05) is 0 Å². The van der Waals surface area contributed by atoms with Gasteiger partial charge in [-0.3, -0.25) is 4.79 Å². The van der Waals surface area contributed by atoms with Crippen molar-refractivity contribution in [3.8, 4) is 0 Å². The summed E-state index contributed by atoms with van der Waals surface area (Å²) < 4.78 is 38.6. The van der Waals surface area contributed by atoms with Crippen molar-refractivity contribution in [2.24, 2.45) is 7.05 Å². The van der Waals surface area contributed by atoms with Crippen molar-refractivity contribution < 1.29 is 23.4 Å². The van der Waals surface area contributed by atoms with Gasteiger partial charge in [0.25, 0.3) is 0 Å². The number of aromatic nitrogens is 2. The normalized spacial score (nSPS) is 11.3. The van der Waals surface area contributed by atoms with Crippen LogP contribution in [0.1, 0.15) is 16.2 Å². The van der Waals surface area contributed by atoms with Crippen LogP contribution in [0.25, 0.3) is 11.0 Å². The van der Waals surface area contributed by atoms with E-state index in [0.29, 0.717) is 11.8 Å². The van der Waals surface area contributed by atoms with Crippen molar-refractivity contribution in [1.82, 2.24) is 9.55 Å². The number of fused-ring (bicyclic) bond motifs is 1. The minimum Gasteiger partial charge on any atom is -0.412 e. The second kappa shape index (κ2) is 4.17. The first kappa shape index (κ1) is 13.2. The van der Waals surface area contributed by atoms with Crippen LogP contribution in [0.2, 0.25) is 0 Å². The summed E-state index contributed by atoms with van der Waals surface area (Å²) in [4.78, 5) is 14.4. The highest BCUT2D eigenvalue weighted by molar-refractivity contribution is 5.83. The van der Waals surface area contributed by atoms with E-state index in [2.05, 4.69) is 4.98 Å². The molecule has 0 amide bonds. The summed E-state index contributed by atoms with van der Waals surface area (Å²) in [6.07, 6.45) is -3.89. The monoisotopic (exact) mass is 246 g/mol. The van der Waals surface area contributed by atoms with Crippen molar-refractivity contribution >= 4 is 17.3 Å². The molecule has 0 spiro atoms. The lowest BCUT2D eigenvalue weighted by molar-refractivity contribution is -0.137. The van der Waals surface area contributed by atoms with Crippen LogP contribution >= 0.6 is 0 Å². The Bertz CT molecular complexity index is 560. The van der Waals surface area contributed by atoms with Gasteiger partial charge in [0.05, 0.1) is 16.6 Å². The number of rotatable bonds is 1. The van der Waals surface area contributed by atoms with Crippen LogP contribution in [0.3, 0.4) is 0 Å². The van der Waals surface area contributed by atoms with E-state index in [1.54, 1.807) is 7.05 Å². The largest absolute Gasteiger partial charge is 0.416 e. The lowest BCUT2D eigenvalue weighted by Crippen LogP contribution is -2.04. The van der Waals surface area contributed by atoms with Gasteiger partial charge in [0.2, 0.25) is 0 Å². The van der Waals surface area contributed by atoms with Crippen molar-refractivity contribution in [2.75, 3.05) is 0 Å². The lowest BCUT2D eigenvalue weighted by atomic mass is 10.2. The second-order valence-corrected chi connectivity index (χ2v) is 3.35. The third kappa shape index (κ3) is 2.14. The molecule has 0 atom stereocenters. The van der Waals surface area contributed by atoms with Gasteiger partial charge in [-0.05, 0) is 18.2 Å². The molecule has 0 aliphatic heterocycles. The van der Waals surface area contributed by atoms with Gasteiger partial charge < -0.3 is 10.0 Å². The van der Waals surface area contributed by atoms with Crippen LogP contribution in [0.5, 0.6) is 0 Å². The van der Waals surface area contributed by atoms with Crippen LogP contribution < -0.4 is 0 Å². The standard InChI is InChI=1S/C10H7F3N2O.H2O/c1-15-8-3-2-6(10(11,12)13)4-7(8)14-9(15)5-16;/h2-5H,1H3;1H2. The Morgan fingerprint density at radius 2 is 2.00 bits per heavy atom. The van der Waals surface area contributed by atoms with Gasteiger partial charge in [0.1, 0.15) is 0 Å². The molecule has 1 heterocycles. The molecule has 0 aliphatic rings. The molecule has 2 N–H and O–H groups in total. The molecule has 1 aromatic carbocycles. The fourth-order valence-electron chi connectivity index (χ4n) is 1.50. The van der Waals surface area contributed by atoms with E-state index in [1.807, 2.05) is 0 Å². The third-order valence-corrected chi connectivity index (χ3v) is 2.35. The van der Waals surface area contributed by atoms with Crippen molar-refractivity contribution in [2.45, 2.75) is 6.18 Å².